The third kappa shape index (κ3) is 4.12. The molecule has 6 heteroatoms. The Labute approximate surface area is 170 Å². The van der Waals surface area contributed by atoms with E-state index >= 15 is 0 Å². The van der Waals surface area contributed by atoms with Gasteiger partial charge in [-0.05, 0) is 36.6 Å². The summed E-state index contributed by atoms with van der Waals surface area (Å²) in [6.45, 7) is 2.51. The van der Waals surface area contributed by atoms with Crippen LogP contribution in [-0.2, 0) is 26.2 Å². The van der Waals surface area contributed by atoms with E-state index in [-0.39, 0.29) is 11.8 Å². The fraction of sp³-hybridized carbons (Fsp3) is 0.391. The minimum absolute atomic E-state index is 0.0147. The number of hydrogen-bond donors (Lipinski definition) is 1. The monoisotopic (exact) mass is 394 g/mol. The van der Waals surface area contributed by atoms with Crippen LogP contribution in [0.15, 0.2) is 48.5 Å². The van der Waals surface area contributed by atoms with Gasteiger partial charge in [-0.1, -0.05) is 30.3 Å². The van der Waals surface area contributed by atoms with E-state index in [1.807, 2.05) is 53.4 Å². The Morgan fingerprint density at radius 2 is 1.76 bits per heavy atom. The molecule has 2 fully saturated rings. The number of para-hydroxylation sites is 1. The zero-order valence-corrected chi connectivity index (χ0v) is 16.6. The molecule has 1 saturated carbocycles. The first kappa shape index (κ1) is 19.5. The number of nitrogens with zero attached hydrogens (tertiary/aromatic N) is 1. The largest absolute Gasteiger partial charge is 0.496 e. The number of carbonyl (C=O) groups is 2. The average molecular weight is 394 g/mol. The van der Waals surface area contributed by atoms with Crippen LogP contribution in [0, 0.1) is 0 Å². The van der Waals surface area contributed by atoms with Crippen molar-refractivity contribution >= 4 is 17.5 Å². The van der Waals surface area contributed by atoms with Gasteiger partial charge in [-0.2, -0.15) is 0 Å². The first-order valence-corrected chi connectivity index (χ1v) is 10.0. The van der Waals surface area contributed by atoms with E-state index in [4.69, 9.17) is 9.47 Å². The molecule has 2 aromatic rings. The zero-order valence-electron chi connectivity index (χ0n) is 16.6. The molecular formula is C23H26N2O4. The summed E-state index contributed by atoms with van der Waals surface area (Å²) in [5.41, 5.74) is 2.09. The van der Waals surface area contributed by atoms with Gasteiger partial charge in [-0.3, -0.25) is 9.59 Å². The summed E-state index contributed by atoms with van der Waals surface area (Å²) in [5.74, 6) is 0.842. The van der Waals surface area contributed by atoms with Crippen molar-refractivity contribution in [3.05, 3.63) is 59.7 Å². The number of hydrogen-bond acceptors (Lipinski definition) is 4. The second-order valence-electron chi connectivity index (χ2n) is 7.60. The van der Waals surface area contributed by atoms with Crippen LogP contribution >= 0.6 is 0 Å². The molecule has 4 rings (SSSR count). The number of methoxy groups -OCH3 is 1. The van der Waals surface area contributed by atoms with E-state index in [0.717, 1.165) is 35.4 Å². The molecule has 1 heterocycles. The van der Waals surface area contributed by atoms with Gasteiger partial charge in [0, 0.05) is 24.3 Å². The molecule has 2 aliphatic rings. The summed E-state index contributed by atoms with van der Waals surface area (Å²) < 4.78 is 10.7. The molecule has 1 aliphatic carbocycles. The second kappa shape index (κ2) is 8.25. The van der Waals surface area contributed by atoms with E-state index < -0.39 is 5.41 Å². The van der Waals surface area contributed by atoms with Crippen molar-refractivity contribution in [3.8, 4) is 5.75 Å². The van der Waals surface area contributed by atoms with E-state index in [1.54, 1.807) is 7.11 Å². The van der Waals surface area contributed by atoms with Crippen LogP contribution in [0.2, 0.25) is 0 Å². The standard InChI is InChI=1S/C23H26N2O4/c1-28-20-5-3-2-4-19(20)23(10-11-23)22(27)24-18-8-6-17(7-9-18)16-21(26)25-12-14-29-15-13-25/h2-9H,10-16H2,1H3,(H,24,27). The van der Waals surface area contributed by atoms with Gasteiger partial charge < -0.3 is 19.7 Å². The van der Waals surface area contributed by atoms with Crippen molar-refractivity contribution in [1.29, 1.82) is 0 Å². The molecule has 1 N–H and O–H groups in total. The van der Waals surface area contributed by atoms with Gasteiger partial charge >= 0.3 is 0 Å². The van der Waals surface area contributed by atoms with Gasteiger partial charge in [-0.25, -0.2) is 0 Å². The summed E-state index contributed by atoms with van der Waals surface area (Å²) in [5, 5.41) is 3.03. The van der Waals surface area contributed by atoms with Crippen molar-refractivity contribution in [2.45, 2.75) is 24.7 Å². The lowest BCUT2D eigenvalue weighted by atomic mass is 9.93. The van der Waals surface area contributed by atoms with E-state index in [1.165, 1.54) is 0 Å². The molecule has 6 nitrogen and oxygen atoms in total. The van der Waals surface area contributed by atoms with Crippen molar-refractivity contribution in [2.75, 3.05) is 38.7 Å². The molecule has 0 unspecified atom stereocenters. The third-order valence-electron chi connectivity index (χ3n) is 5.74. The molecule has 2 amide bonds. The quantitative estimate of drug-likeness (QED) is 0.818. The maximum Gasteiger partial charge on any atom is 0.235 e. The number of benzene rings is 2. The molecule has 0 atom stereocenters. The Balaban J connectivity index is 1.40. The lowest BCUT2D eigenvalue weighted by Crippen LogP contribution is -2.41. The average Bonchev–Trinajstić information content (AvgIpc) is 3.58. The minimum Gasteiger partial charge on any atom is -0.496 e. The van der Waals surface area contributed by atoms with Crippen molar-refractivity contribution in [3.63, 3.8) is 0 Å². The first-order chi connectivity index (χ1) is 14.1. The van der Waals surface area contributed by atoms with Gasteiger partial charge in [0.25, 0.3) is 0 Å². The minimum atomic E-state index is -0.516. The van der Waals surface area contributed by atoms with E-state index in [9.17, 15) is 9.59 Å². The van der Waals surface area contributed by atoms with Crippen LogP contribution in [0.5, 0.6) is 5.75 Å². The Morgan fingerprint density at radius 1 is 1.07 bits per heavy atom. The van der Waals surface area contributed by atoms with Gasteiger partial charge in [0.05, 0.1) is 32.2 Å². The van der Waals surface area contributed by atoms with E-state index in [0.29, 0.717) is 32.7 Å². The maximum atomic E-state index is 13.0. The van der Waals surface area contributed by atoms with Gasteiger partial charge in [0.15, 0.2) is 0 Å². The molecule has 0 aromatic heterocycles. The highest BCUT2D eigenvalue weighted by atomic mass is 16.5. The van der Waals surface area contributed by atoms with Crippen LogP contribution in [0.1, 0.15) is 24.0 Å². The van der Waals surface area contributed by atoms with Crippen LogP contribution in [0.4, 0.5) is 5.69 Å². The second-order valence-corrected chi connectivity index (χ2v) is 7.60. The Bertz CT molecular complexity index is 884. The molecule has 0 spiro atoms. The fourth-order valence-electron chi connectivity index (χ4n) is 3.84. The summed E-state index contributed by atoms with van der Waals surface area (Å²) >= 11 is 0. The topological polar surface area (TPSA) is 67.9 Å². The van der Waals surface area contributed by atoms with Crippen molar-refractivity contribution in [2.24, 2.45) is 0 Å². The number of rotatable bonds is 6. The lowest BCUT2D eigenvalue weighted by molar-refractivity contribution is -0.134. The number of amides is 2. The predicted octanol–water partition coefficient (Wildman–Crippen LogP) is 2.77. The van der Waals surface area contributed by atoms with Crippen LogP contribution in [0.25, 0.3) is 0 Å². The summed E-state index contributed by atoms with van der Waals surface area (Å²) in [4.78, 5) is 27.2. The molecule has 29 heavy (non-hydrogen) atoms. The van der Waals surface area contributed by atoms with Gasteiger partial charge in [-0.15, -0.1) is 0 Å². The SMILES string of the molecule is COc1ccccc1C1(C(=O)Nc2ccc(CC(=O)N3CCOCC3)cc2)CC1. The molecule has 0 radical (unpaired) electrons. The highest BCUT2D eigenvalue weighted by Gasteiger charge is 2.52. The van der Waals surface area contributed by atoms with Gasteiger partial charge in [0.2, 0.25) is 11.8 Å². The molecular weight excluding hydrogens is 368 g/mol. The van der Waals surface area contributed by atoms with Crippen LogP contribution in [0.3, 0.4) is 0 Å². The highest BCUT2D eigenvalue weighted by molar-refractivity contribution is 6.01. The number of morpholine rings is 1. The molecule has 152 valence electrons. The van der Waals surface area contributed by atoms with Crippen LogP contribution in [-0.4, -0.2) is 50.1 Å². The fourth-order valence-corrected chi connectivity index (χ4v) is 3.84. The van der Waals surface area contributed by atoms with Crippen molar-refractivity contribution in [1.82, 2.24) is 4.90 Å². The van der Waals surface area contributed by atoms with E-state index in [2.05, 4.69) is 5.32 Å². The first-order valence-electron chi connectivity index (χ1n) is 10.0. The Hall–Kier alpha value is -2.86. The third-order valence-corrected chi connectivity index (χ3v) is 5.74. The Morgan fingerprint density at radius 3 is 2.41 bits per heavy atom. The summed E-state index contributed by atoms with van der Waals surface area (Å²) in [6, 6.07) is 15.2. The number of ether oxygens (including phenoxy) is 2. The summed E-state index contributed by atoms with van der Waals surface area (Å²) in [7, 11) is 1.63. The van der Waals surface area contributed by atoms with Crippen LogP contribution < -0.4 is 10.1 Å². The Kier molecular flexibility index (Phi) is 5.53. The van der Waals surface area contributed by atoms with Crippen molar-refractivity contribution < 1.29 is 19.1 Å². The van der Waals surface area contributed by atoms with Gasteiger partial charge in [0.1, 0.15) is 5.75 Å². The molecule has 0 bridgehead atoms. The molecule has 2 aromatic carbocycles. The molecule has 1 aliphatic heterocycles. The predicted molar refractivity (Wildman–Crippen MR) is 110 cm³/mol. The summed E-state index contributed by atoms with van der Waals surface area (Å²) in [6.07, 6.45) is 1.98. The normalized spacial score (nSPS) is 17.5. The highest BCUT2D eigenvalue weighted by Crippen LogP contribution is 2.51. The smallest absolute Gasteiger partial charge is 0.235 e. The number of carbonyl (C=O) groups excluding carboxylic acids is 2. The number of anilines is 1. The zero-order chi connectivity index (χ0) is 20.3. The molecule has 1 saturated heterocycles. The number of nitrogens with one attached hydrogen (secondary N) is 1. The lowest BCUT2D eigenvalue weighted by Gasteiger charge is -2.26. The maximum absolute atomic E-state index is 13.0.